The Balaban J connectivity index is 2.60. The van der Waals surface area contributed by atoms with Crippen molar-refractivity contribution in [1.82, 2.24) is 9.97 Å². The third kappa shape index (κ3) is 4.14. The fourth-order valence-corrected chi connectivity index (χ4v) is 1.97. The van der Waals surface area contributed by atoms with Crippen molar-refractivity contribution in [3.05, 3.63) is 11.9 Å². The predicted octanol–water partition coefficient (Wildman–Crippen LogP) is 1.83. The first-order valence-corrected chi connectivity index (χ1v) is 6.66. The average Bonchev–Trinajstić information content (AvgIpc) is 2.37. The molecular weight excluding hydrogens is 228 g/mol. The Labute approximate surface area is 109 Å². The molecule has 0 saturated carbocycles. The molecule has 102 valence electrons. The van der Waals surface area contributed by atoms with E-state index >= 15 is 0 Å². The van der Waals surface area contributed by atoms with Gasteiger partial charge in [0.15, 0.2) is 0 Å². The molecule has 5 nitrogen and oxygen atoms in total. The predicted molar refractivity (Wildman–Crippen MR) is 74.4 cm³/mol. The monoisotopic (exact) mass is 252 g/mol. The lowest BCUT2D eigenvalue weighted by Crippen LogP contribution is -2.28. The third-order valence-corrected chi connectivity index (χ3v) is 3.19. The molecule has 0 aliphatic rings. The molecule has 1 rings (SSSR count). The van der Waals surface area contributed by atoms with Gasteiger partial charge in [0, 0.05) is 19.0 Å². The number of nitrogens with zero attached hydrogens (tertiary/aromatic N) is 2. The van der Waals surface area contributed by atoms with Crippen molar-refractivity contribution < 1.29 is 5.11 Å². The molecule has 1 heterocycles. The summed E-state index contributed by atoms with van der Waals surface area (Å²) >= 11 is 0. The molecule has 0 fully saturated rings. The summed E-state index contributed by atoms with van der Waals surface area (Å²) in [7, 11) is 0. The van der Waals surface area contributed by atoms with Gasteiger partial charge in [-0.15, -0.1) is 0 Å². The number of nitrogens with two attached hydrogens (primary N) is 1. The Morgan fingerprint density at radius 3 is 2.50 bits per heavy atom. The lowest BCUT2D eigenvalue weighted by atomic mass is 9.97. The molecule has 1 aromatic rings. The Bertz CT molecular complexity index is 366. The highest BCUT2D eigenvalue weighted by molar-refractivity contribution is 5.44. The van der Waals surface area contributed by atoms with E-state index in [1.54, 1.807) is 6.07 Å². The summed E-state index contributed by atoms with van der Waals surface area (Å²) in [5.74, 6) is 2.18. The van der Waals surface area contributed by atoms with Crippen molar-refractivity contribution in [2.75, 3.05) is 17.6 Å². The molecule has 0 aliphatic heterocycles. The van der Waals surface area contributed by atoms with E-state index in [2.05, 4.69) is 29.1 Å². The largest absolute Gasteiger partial charge is 0.391 e. The third-order valence-electron chi connectivity index (χ3n) is 3.19. The first-order valence-electron chi connectivity index (χ1n) is 6.66. The van der Waals surface area contributed by atoms with Crippen LogP contribution in [0.25, 0.3) is 0 Å². The van der Waals surface area contributed by atoms with Crippen LogP contribution in [0.5, 0.6) is 0 Å². The van der Waals surface area contributed by atoms with Gasteiger partial charge >= 0.3 is 0 Å². The molecule has 0 amide bonds. The zero-order valence-corrected chi connectivity index (χ0v) is 11.5. The number of nitrogens with one attached hydrogen (secondary N) is 1. The Morgan fingerprint density at radius 2 is 1.94 bits per heavy atom. The number of aryl methyl sites for hydroxylation is 1. The molecule has 18 heavy (non-hydrogen) atoms. The van der Waals surface area contributed by atoms with Gasteiger partial charge in [0.25, 0.3) is 0 Å². The van der Waals surface area contributed by atoms with E-state index < -0.39 is 0 Å². The van der Waals surface area contributed by atoms with Crippen LogP contribution in [0.2, 0.25) is 0 Å². The lowest BCUT2D eigenvalue weighted by Gasteiger charge is -2.20. The van der Waals surface area contributed by atoms with Crippen molar-refractivity contribution in [1.29, 1.82) is 0 Å². The first kappa shape index (κ1) is 14.7. The highest BCUT2D eigenvalue weighted by atomic mass is 16.3. The minimum Gasteiger partial charge on any atom is -0.391 e. The summed E-state index contributed by atoms with van der Waals surface area (Å²) < 4.78 is 0. The van der Waals surface area contributed by atoms with E-state index in [0.717, 1.165) is 25.1 Å². The van der Waals surface area contributed by atoms with E-state index in [9.17, 15) is 5.11 Å². The summed E-state index contributed by atoms with van der Waals surface area (Å²) in [6.07, 6.45) is 2.34. The van der Waals surface area contributed by atoms with Crippen molar-refractivity contribution in [3.63, 3.8) is 0 Å². The van der Waals surface area contributed by atoms with Crippen LogP contribution in [-0.4, -0.2) is 27.7 Å². The van der Waals surface area contributed by atoms with Gasteiger partial charge < -0.3 is 16.2 Å². The van der Waals surface area contributed by atoms with Crippen LogP contribution in [0.1, 0.15) is 39.4 Å². The highest BCUT2D eigenvalue weighted by Gasteiger charge is 2.15. The van der Waals surface area contributed by atoms with E-state index in [0.29, 0.717) is 24.1 Å². The van der Waals surface area contributed by atoms with E-state index in [-0.39, 0.29) is 6.10 Å². The second-order valence-electron chi connectivity index (χ2n) is 4.47. The number of rotatable bonds is 7. The lowest BCUT2D eigenvalue weighted by molar-refractivity contribution is 0.114. The molecule has 1 atom stereocenters. The topological polar surface area (TPSA) is 84.1 Å². The molecule has 0 saturated heterocycles. The molecule has 0 radical (unpaired) electrons. The van der Waals surface area contributed by atoms with Gasteiger partial charge in [-0.3, -0.25) is 0 Å². The average molecular weight is 252 g/mol. The molecule has 0 bridgehead atoms. The first-order chi connectivity index (χ1) is 8.60. The van der Waals surface area contributed by atoms with E-state index in [1.807, 2.05) is 6.92 Å². The van der Waals surface area contributed by atoms with Gasteiger partial charge in [0.1, 0.15) is 17.5 Å². The summed E-state index contributed by atoms with van der Waals surface area (Å²) in [5, 5.41) is 13.2. The van der Waals surface area contributed by atoms with Crippen molar-refractivity contribution in [2.45, 2.75) is 46.1 Å². The maximum atomic E-state index is 10.0. The van der Waals surface area contributed by atoms with Gasteiger partial charge in [-0.25, -0.2) is 9.97 Å². The fraction of sp³-hybridized carbons (Fsp3) is 0.692. The highest BCUT2D eigenvalue weighted by Crippen LogP contribution is 2.14. The number of nitrogen functional groups attached to an aromatic ring is 1. The number of aromatic nitrogens is 2. The van der Waals surface area contributed by atoms with Crippen molar-refractivity contribution in [3.8, 4) is 0 Å². The molecule has 1 unspecified atom stereocenters. The maximum absolute atomic E-state index is 10.0. The molecule has 0 spiro atoms. The van der Waals surface area contributed by atoms with Gasteiger partial charge in [-0.05, 0) is 5.92 Å². The minimum absolute atomic E-state index is 0.322. The molecular formula is C13H24N4O. The molecule has 0 aliphatic carbocycles. The van der Waals surface area contributed by atoms with Crippen LogP contribution in [0.15, 0.2) is 6.07 Å². The van der Waals surface area contributed by atoms with Crippen LogP contribution in [-0.2, 0) is 6.42 Å². The normalized spacial score (nSPS) is 12.7. The Morgan fingerprint density at radius 1 is 1.28 bits per heavy atom. The quantitative estimate of drug-likeness (QED) is 0.689. The zero-order chi connectivity index (χ0) is 13.5. The summed E-state index contributed by atoms with van der Waals surface area (Å²) in [6, 6.07) is 1.69. The SMILES string of the molecule is CCc1nc(N)cc(NCC(O)C(CC)CC)n1. The molecule has 1 aromatic heterocycles. The fourth-order valence-electron chi connectivity index (χ4n) is 1.97. The van der Waals surface area contributed by atoms with Crippen molar-refractivity contribution >= 4 is 11.6 Å². The smallest absolute Gasteiger partial charge is 0.132 e. The second kappa shape index (κ2) is 7.16. The van der Waals surface area contributed by atoms with Gasteiger partial charge in [0.2, 0.25) is 0 Å². The van der Waals surface area contributed by atoms with Crippen LogP contribution < -0.4 is 11.1 Å². The number of hydrogen-bond acceptors (Lipinski definition) is 5. The van der Waals surface area contributed by atoms with Crippen LogP contribution in [0, 0.1) is 5.92 Å². The minimum atomic E-state index is -0.360. The molecule has 4 N–H and O–H groups in total. The molecule has 0 aromatic carbocycles. The Hall–Kier alpha value is -1.36. The van der Waals surface area contributed by atoms with E-state index in [1.165, 1.54) is 0 Å². The molecule has 5 heteroatoms. The zero-order valence-electron chi connectivity index (χ0n) is 11.5. The number of aliphatic hydroxyl groups is 1. The summed E-state index contributed by atoms with van der Waals surface area (Å²) in [6.45, 7) is 6.66. The van der Waals surface area contributed by atoms with Crippen LogP contribution in [0.3, 0.4) is 0 Å². The second-order valence-corrected chi connectivity index (χ2v) is 4.47. The van der Waals surface area contributed by atoms with E-state index in [4.69, 9.17) is 5.73 Å². The number of anilines is 2. The maximum Gasteiger partial charge on any atom is 0.132 e. The van der Waals surface area contributed by atoms with Crippen molar-refractivity contribution in [2.24, 2.45) is 5.92 Å². The Kier molecular flexibility index (Phi) is 5.85. The summed E-state index contributed by atoms with van der Waals surface area (Å²) in [4.78, 5) is 8.43. The van der Waals surface area contributed by atoms with Crippen LogP contribution in [0.4, 0.5) is 11.6 Å². The van der Waals surface area contributed by atoms with Gasteiger partial charge in [-0.1, -0.05) is 33.6 Å². The standard InChI is InChI=1S/C13H24N4O/c1-4-9(5-2)10(18)8-15-13-7-11(14)16-12(6-3)17-13/h7,9-10,18H,4-6,8H2,1-3H3,(H3,14,15,16,17). The van der Waals surface area contributed by atoms with Gasteiger partial charge in [-0.2, -0.15) is 0 Å². The van der Waals surface area contributed by atoms with Crippen LogP contribution >= 0.6 is 0 Å². The number of aliphatic hydroxyl groups excluding tert-OH is 1. The summed E-state index contributed by atoms with van der Waals surface area (Å²) in [5.41, 5.74) is 5.70. The number of hydrogen-bond donors (Lipinski definition) is 3. The van der Waals surface area contributed by atoms with Gasteiger partial charge in [0.05, 0.1) is 6.10 Å².